The molecular weight excluding hydrogens is 463 g/mol. The lowest BCUT2D eigenvalue weighted by atomic mass is 9.88. The van der Waals surface area contributed by atoms with Crippen molar-refractivity contribution in [2.24, 2.45) is 0 Å². The van der Waals surface area contributed by atoms with Gasteiger partial charge in [-0.15, -0.1) is 0 Å². The molecule has 2 aromatic carbocycles. The Balaban J connectivity index is 1.58. The number of carbonyl (C=O) groups is 2. The van der Waals surface area contributed by atoms with E-state index >= 15 is 0 Å². The van der Waals surface area contributed by atoms with Crippen molar-refractivity contribution in [1.82, 2.24) is 4.90 Å². The molecule has 0 spiro atoms. The molecule has 0 aromatic heterocycles. The van der Waals surface area contributed by atoms with E-state index in [1.54, 1.807) is 39.1 Å². The summed E-state index contributed by atoms with van der Waals surface area (Å²) in [6.45, 7) is 3.93. The van der Waals surface area contributed by atoms with Crippen molar-refractivity contribution in [3.63, 3.8) is 0 Å². The predicted octanol–water partition coefficient (Wildman–Crippen LogP) is 4.65. The number of anilines is 2. The average Bonchev–Trinajstić information content (AvgIpc) is 2.76. The fraction of sp³-hybridized carbons (Fsp3) is 0.360. The Bertz CT molecular complexity index is 1210. The lowest BCUT2D eigenvalue weighted by molar-refractivity contribution is -0.137. The molecule has 2 heterocycles. The number of amides is 3. The molecule has 0 aliphatic carbocycles. The van der Waals surface area contributed by atoms with Crippen LogP contribution in [0.2, 0.25) is 0 Å². The fourth-order valence-electron chi connectivity index (χ4n) is 4.37. The number of aliphatic hydroxyl groups excluding tert-OH is 1. The van der Waals surface area contributed by atoms with Gasteiger partial charge in [0.1, 0.15) is 11.4 Å². The van der Waals surface area contributed by atoms with E-state index in [2.05, 4.69) is 5.32 Å². The third kappa shape index (κ3) is 5.12. The lowest BCUT2D eigenvalue weighted by Crippen LogP contribution is -2.46. The van der Waals surface area contributed by atoms with Crippen LogP contribution in [0.25, 0.3) is 5.57 Å². The number of hydrogen-bond donors (Lipinski definition) is 2. The van der Waals surface area contributed by atoms with Gasteiger partial charge in [-0.3, -0.25) is 9.69 Å². The number of carbonyl (C=O) groups excluding carboxylic acids is 2. The van der Waals surface area contributed by atoms with Crippen molar-refractivity contribution in [2.45, 2.75) is 38.6 Å². The smallest absolute Gasteiger partial charge is 0.416 e. The van der Waals surface area contributed by atoms with Crippen LogP contribution in [0.1, 0.15) is 37.0 Å². The third-order valence-electron chi connectivity index (χ3n) is 5.97. The van der Waals surface area contributed by atoms with Gasteiger partial charge in [-0.25, -0.2) is 4.79 Å². The molecule has 0 bridgehead atoms. The molecule has 2 aromatic rings. The summed E-state index contributed by atoms with van der Waals surface area (Å²) in [6, 6.07) is 8.21. The van der Waals surface area contributed by atoms with Gasteiger partial charge in [-0.1, -0.05) is 12.1 Å². The summed E-state index contributed by atoms with van der Waals surface area (Å²) in [4.78, 5) is 28.3. The largest absolute Gasteiger partial charge is 0.487 e. The molecule has 186 valence electrons. The van der Waals surface area contributed by atoms with Crippen LogP contribution in [-0.2, 0) is 17.5 Å². The van der Waals surface area contributed by atoms with E-state index in [0.717, 1.165) is 17.7 Å². The number of nitrogens with one attached hydrogen (secondary N) is 1. The van der Waals surface area contributed by atoms with E-state index in [4.69, 9.17) is 9.84 Å². The van der Waals surface area contributed by atoms with Crippen molar-refractivity contribution in [1.29, 1.82) is 0 Å². The summed E-state index contributed by atoms with van der Waals surface area (Å²) < 4.78 is 45.2. The first-order valence-electron chi connectivity index (χ1n) is 11.1. The van der Waals surface area contributed by atoms with Gasteiger partial charge in [0, 0.05) is 43.9 Å². The van der Waals surface area contributed by atoms with Crippen molar-refractivity contribution < 1.29 is 32.6 Å². The summed E-state index contributed by atoms with van der Waals surface area (Å²) in [5.74, 6) is -0.369. The SMILES string of the molecule is CN1C(=O)N(CCO)Cc2ccc(NC(=O)C=C3CC(C)(C)Oc4cc(C(F)(F)F)ccc43)cc21. The molecular formula is C25H26F3N3O4. The van der Waals surface area contributed by atoms with Gasteiger partial charge in [0.25, 0.3) is 0 Å². The Morgan fingerprint density at radius 2 is 1.97 bits per heavy atom. The number of fused-ring (bicyclic) bond motifs is 2. The van der Waals surface area contributed by atoms with E-state index in [1.807, 2.05) is 0 Å². The quantitative estimate of drug-likeness (QED) is 0.613. The Kier molecular flexibility index (Phi) is 6.27. The number of hydrogen-bond acceptors (Lipinski definition) is 4. The summed E-state index contributed by atoms with van der Waals surface area (Å²) in [5.41, 5.74) is 1.38. The number of nitrogens with zero attached hydrogens (tertiary/aromatic N) is 2. The first-order valence-corrected chi connectivity index (χ1v) is 11.1. The van der Waals surface area contributed by atoms with Crippen LogP contribution in [-0.4, -0.2) is 47.7 Å². The summed E-state index contributed by atoms with van der Waals surface area (Å²) in [6.07, 6.45) is -2.80. The Hall–Kier alpha value is -3.53. The van der Waals surface area contributed by atoms with Crippen LogP contribution in [0.3, 0.4) is 0 Å². The van der Waals surface area contributed by atoms with Gasteiger partial charge >= 0.3 is 12.2 Å². The molecule has 0 fully saturated rings. The molecule has 35 heavy (non-hydrogen) atoms. The molecule has 0 atom stereocenters. The van der Waals surface area contributed by atoms with E-state index in [1.165, 1.54) is 21.9 Å². The number of urea groups is 1. The van der Waals surface area contributed by atoms with Gasteiger partial charge in [0.15, 0.2) is 0 Å². The Morgan fingerprint density at radius 3 is 2.66 bits per heavy atom. The Labute approximate surface area is 200 Å². The van der Waals surface area contributed by atoms with E-state index in [9.17, 15) is 22.8 Å². The molecule has 0 radical (unpaired) electrons. The maximum absolute atomic E-state index is 13.2. The molecule has 4 rings (SSSR count). The minimum absolute atomic E-state index is 0.0801. The van der Waals surface area contributed by atoms with Crippen LogP contribution in [0.5, 0.6) is 5.75 Å². The topological polar surface area (TPSA) is 82.1 Å². The molecule has 3 amide bonds. The standard InChI is InChI=1S/C25H26F3N3O4/c1-24(2)13-16(19-7-5-17(25(26,27)28)11-21(19)35-24)10-22(33)29-18-6-4-15-14-31(8-9-32)23(34)30(3)20(15)12-18/h4-7,10-12,32H,8-9,13-14H2,1-3H3,(H,29,33). The molecule has 10 heteroatoms. The number of β-amino-alcohol motifs (C(OH)–C–C–N with tert-alkyl or cyclic N) is 1. The maximum atomic E-state index is 13.2. The van der Waals surface area contributed by atoms with E-state index < -0.39 is 23.2 Å². The number of halogens is 3. The molecule has 2 aliphatic rings. The summed E-state index contributed by atoms with van der Waals surface area (Å²) in [7, 11) is 1.62. The molecule has 0 saturated heterocycles. The van der Waals surface area contributed by atoms with Crippen LogP contribution < -0.4 is 15.0 Å². The normalized spacial score (nSPS) is 18.1. The fourth-order valence-corrected chi connectivity index (χ4v) is 4.37. The van der Waals surface area contributed by atoms with Crippen LogP contribution in [0.15, 0.2) is 42.5 Å². The van der Waals surface area contributed by atoms with Crippen molar-refractivity contribution >= 4 is 28.9 Å². The zero-order valence-electron chi connectivity index (χ0n) is 19.6. The average molecular weight is 489 g/mol. The maximum Gasteiger partial charge on any atom is 0.416 e. The highest BCUT2D eigenvalue weighted by molar-refractivity contribution is 6.05. The van der Waals surface area contributed by atoms with E-state index in [-0.39, 0.29) is 24.9 Å². The van der Waals surface area contributed by atoms with Gasteiger partial charge in [0.2, 0.25) is 5.91 Å². The van der Waals surface area contributed by atoms with Gasteiger partial charge in [0.05, 0.1) is 17.9 Å². The molecule has 0 unspecified atom stereocenters. The monoisotopic (exact) mass is 489 g/mol. The second-order valence-corrected chi connectivity index (χ2v) is 9.24. The highest BCUT2D eigenvalue weighted by Gasteiger charge is 2.35. The van der Waals surface area contributed by atoms with Gasteiger partial charge < -0.3 is 20.1 Å². The zero-order valence-corrected chi connectivity index (χ0v) is 19.6. The number of ether oxygens (including phenoxy) is 1. The molecule has 7 nitrogen and oxygen atoms in total. The van der Waals surface area contributed by atoms with E-state index in [0.29, 0.717) is 35.5 Å². The first kappa shape index (κ1) is 24.6. The second kappa shape index (κ2) is 8.92. The minimum Gasteiger partial charge on any atom is -0.487 e. The second-order valence-electron chi connectivity index (χ2n) is 9.24. The van der Waals surface area contributed by atoms with Crippen LogP contribution in [0.4, 0.5) is 29.3 Å². The third-order valence-corrected chi connectivity index (χ3v) is 5.97. The molecule has 2 N–H and O–H groups in total. The van der Waals surface area contributed by atoms with Crippen LogP contribution in [0, 0.1) is 0 Å². The molecule has 0 saturated carbocycles. The van der Waals surface area contributed by atoms with Crippen molar-refractivity contribution in [2.75, 3.05) is 30.4 Å². The number of benzene rings is 2. The zero-order chi connectivity index (χ0) is 25.5. The summed E-state index contributed by atoms with van der Waals surface area (Å²) in [5, 5.41) is 11.9. The summed E-state index contributed by atoms with van der Waals surface area (Å²) >= 11 is 0. The molecule has 2 aliphatic heterocycles. The highest BCUT2D eigenvalue weighted by Crippen LogP contribution is 2.43. The van der Waals surface area contributed by atoms with Gasteiger partial charge in [-0.05, 0) is 49.2 Å². The van der Waals surface area contributed by atoms with Crippen LogP contribution >= 0.6 is 0 Å². The lowest BCUT2D eigenvalue weighted by Gasteiger charge is -2.35. The van der Waals surface area contributed by atoms with Crippen molar-refractivity contribution in [3.05, 3.63) is 59.2 Å². The highest BCUT2D eigenvalue weighted by atomic mass is 19.4. The number of rotatable bonds is 4. The number of aliphatic hydroxyl groups is 1. The Morgan fingerprint density at radius 1 is 1.23 bits per heavy atom. The minimum atomic E-state index is -4.50. The van der Waals surface area contributed by atoms with Crippen molar-refractivity contribution in [3.8, 4) is 5.75 Å². The number of alkyl halides is 3. The van der Waals surface area contributed by atoms with Gasteiger partial charge in [-0.2, -0.15) is 13.2 Å². The first-order chi connectivity index (χ1) is 16.4. The predicted molar refractivity (Wildman–Crippen MR) is 125 cm³/mol.